The first-order valence-corrected chi connectivity index (χ1v) is 7.64. The topological polar surface area (TPSA) is 61.5 Å². The first kappa shape index (κ1) is 15.8. The lowest BCUT2D eigenvalue weighted by atomic mass is 9.74. The molecule has 0 amide bonds. The SMILES string of the molecule is COc1cccc(OC)c1C(=O)C1(CN)CCCCCC1. The molecule has 1 saturated carbocycles. The van der Waals surface area contributed by atoms with Crippen LogP contribution in [0.5, 0.6) is 11.5 Å². The lowest BCUT2D eigenvalue weighted by Crippen LogP contribution is -2.38. The molecule has 0 heterocycles. The van der Waals surface area contributed by atoms with Gasteiger partial charge in [0.2, 0.25) is 0 Å². The highest BCUT2D eigenvalue weighted by atomic mass is 16.5. The maximum atomic E-state index is 13.2. The summed E-state index contributed by atoms with van der Waals surface area (Å²) in [7, 11) is 3.15. The van der Waals surface area contributed by atoms with Crippen LogP contribution >= 0.6 is 0 Å². The third kappa shape index (κ3) is 3.05. The summed E-state index contributed by atoms with van der Waals surface area (Å²) in [6.45, 7) is 0.382. The summed E-state index contributed by atoms with van der Waals surface area (Å²) in [4.78, 5) is 13.2. The number of rotatable bonds is 5. The third-order valence-electron chi connectivity index (χ3n) is 4.59. The fourth-order valence-electron chi connectivity index (χ4n) is 3.27. The molecule has 0 bridgehead atoms. The predicted octanol–water partition coefficient (Wildman–Crippen LogP) is 3.19. The Morgan fingerprint density at radius 2 is 1.62 bits per heavy atom. The monoisotopic (exact) mass is 291 g/mol. The number of benzene rings is 1. The molecule has 2 rings (SSSR count). The zero-order valence-corrected chi connectivity index (χ0v) is 13.0. The van der Waals surface area contributed by atoms with E-state index in [-0.39, 0.29) is 5.78 Å². The number of hydrogen-bond donors (Lipinski definition) is 1. The van der Waals surface area contributed by atoms with Gasteiger partial charge < -0.3 is 15.2 Å². The van der Waals surface area contributed by atoms with Crippen molar-refractivity contribution in [2.75, 3.05) is 20.8 Å². The van der Waals surface area contributed by atoms with E-state index in [2.05, 4.69) is 0 Å². The number of Topliss-reactive ketones (excluding diaryl/α,β-unsaturated/α-hetero) is 1. The fraction of sp³-hybridized carbons (Fsp3) is 0.588. The molecule has 116 valence electrons. The molecule has 4 nitrogen and oxygen atoms in total. The average Bonchev–Trinajstić information content (AvgIpc) is 2.79. The van der Waals surface area contributed by atoms with E-state index < -0.39 is 5.41 Å². The molecular formula is C17H25NO3. The van der Waals surface area contributed by atoms with Crippen LogP contribution in [0.2, 0.25) is 0 Å². The largest absolute Gasteiger partial charge is 0.496 e. The van der Waals surface area contributed by atoms with Crippen molar-refractivity contribution in [1.29, 1.82) is 0 Å². The van der Waals surface area contributed by atoms with Crippen LogP contribution in [0.3, 0.4) is 0 Å². The minimum absolute atomic E-state index is 0.0706. The minimum atomic E-state index is -0.474. The lowest BCUT2D eigenvalue weighted by molar-refractivity contribution is 0.0767. The molecule has 21 heavy (non-hydrogen) atoms. The summed E-state index contributed by atoms with van der Waals surface area (Å²) in [5.74, 6) is 1.20. The van der Waals surface area contributed by atoms with Crippen LogP contribution in [0.15, 0.2) is 18.2 Å². The molecule has 0 unspecified atom stereocenters. The van der Waals surface area contributed by atoms with Gasteiger partial charge in [-0.1, -0.05) is 31.7 Å². The van der Waals surface area contributed by atoms with E-state index in [1.807, 2.05) is 6.07 Å². The van der Waals surface area contributed by atoms with Gasteiger partial charge in [0.15, 0.2) is 5.78 Å². The molecule has 4 heteroatoms. The second-order valence-corrected chi connectivity index (χ2v) is 5.77. The molecule has 1 aliphatic carbocycles. The van der Waals surface area contributed by atoms with E-state index in [4.69, 9.17) is 15.2 Å². The summed E-state index contributed by atoms with van der Waals surface area (Å²) in [6.07, 6.45) is 6.17. The van der Waals surface area contributed by atoms with Crippen molar-refractivity contribution in [2.45, 2.75) is 38.5 Å². The van der Waals surface area contributed by atoms with E-state index in [9.17, 15) is 4.79 Å². The summed E-state index contributed by atoms with van der Waals surface area (Å²) in [6, 6.07) is 5.43. The van der Waals surface area contributed by atoms with Crippen molar-refractivity contribution in [3.05, 3.63) is 23.8 Å². The first-order chi connectivity index (χ1) is 10.2. The normalized spacial score (nSPS) is 17.9. The minimum Gasteiger partial charge on any atom is -0.496 e. The Hall–Kier alpha value is -1.55. The third-order valence-corrected chi connectivity index (χ3v) is 4.59. The van der Waals surface area contributed by atoms with Gasteiger partial charge >= 0.3 is 0 Å². The quantitative estimate of drug-likeness (QED) is 0.668. The zero-order valence-electron chi connectivity index (χ0n) is 13.0. The van der Waals surface area contributed by atoms with Crippen LogP contribution in [0.25, 0.3) is 0 Å². The summed E-state index contributed by atoms with van der Waals surface area (Å²) < 4.78 is 10.8. The van der Waals surface area contributed by atoms with Crippen LogP contribution in [0.4, 0.5) is 0 Å². The molecule has 0 aliphatic heterocycles. The van der Waals surface area contributed by atoms with Gasteiger partial charge in [0, 0.05) is 12.0 Å². The highest BCUT2D eigenvalue weighted by molar-refractivity contribution is 6.05. The van der Waals surface area contributed by atoms with Gasteiger partial charge in [0.05, 0.1) is 14.2 Å². The summed E-state index contributed by atoms with van der Waals surface area (Å²) >= 11 is 0. The molecule has 1 aromatic carbocycles. The van der Waals surface area contributed by atoms with Crippen LogP contribution in [0, 0.1) is 5.41 Å². The fourth-order valence-corrected chi connectivity index (χ4v) is 3.27. The van der Waals surface area contributed by atoms with Crippen LogP contribution in [-0.2, 0) is 0 Å². The van der Waals surface area contributed by atoms with Gasteiger partial charge in [-0.15, -0.1) is 0 Å². The Labute approximate surface area is 126 Å². The summed E-state index contributed by atoms with van der Waals surface area (Å²) in [5.41, 5.74) is 6.09. The lowest BCUT2D eigenvalue weighted by Gasteiger charge is -2.30. The second-order valence-electron chi connectivity index (χ2n) is 5.77. The molecule has 1 fully saturated rings. The average molecular weight is 291 g/mol. The van der Waals surface area contributed by atoms with Crippen molar-refractivity contribution in [2.24, 2.45) is 11.1 Å². The van der Waals surface area contributed by atoms with E-state index in [0.717, 1.165) is 25.7 Å². The molecule has 1 aliphatic rings. The van der Waals surface area contributed by atoms with Crippen LogP contribution in [-0.4, -0.2) is 26.5 Å². The van der Waals surface area contributed by atoms with E-state index in [1.165, 1.54) is 12.8 Å². The molecule has 1 aromatic rings. The molecule has 0 radical (unpaired) electrons. The van der Waals surface area contributed by atoms with Crippen LogP contribution in [0.1, 0.15) is 48.9 Å². The number of carbonyl (C=O) groups excluding carboxylic acids is 1. The smallest absolute Gasteiger partial charge is 0.177 e. The second kappa shape index (κ2) is 6.94. The van der Waals surface area contributed by atoms with Gasteiger partial charge in [-0.3, -0.25) is 4.79 Å². The Morgan fingerprint density at radius 3 is 2.05 bits per heavy atom. The number of nitrogens with two attached hydrogens (primary N) is 1. The first-order valence-electron chi connectivity index (χ1n) is 7.64. The highest BCUT2D eigenvalue weighted by Crippen LogP contribution is 2.41. The van der Waals surface area contributed by atoms with Crippen LogP contribution < -0.4 is 15.2 Å². The van der Waals surface area contributed by atoms with Crippen molar-refractivity contribution in [3.8, 4) is 11.5 Å². The zero-order chi connectivity index (χ0) is 15.3. The van der Waals surface area contributed by atoms with Gasteiger partial charge in [-0.2, -0.15) is 0 Å². The number of methoxy groups -OCH3 is 2. The Kier molecular flexibility index (Phi) is 5.23. The van der Waals surface area contributed by atoms with Crippen molar-refractivity contribution in [3.63, 3.8) is 0 Å². The molecule has 0 atom stereocenters. The number of hydrogen-bond acceptors (Lipinski definition) is 4. The summed E-state index contributed by atoms with van der Waals surface area (Å²) in [5, 5.41) is 0. The van der Waals surface area contributed by atoms with Crippen molar-refractivity contribution < 1.29 is 14.3 Å². The standard InChI is InChI=1S/C17H25NO3/c1-20-13-8-7-9-14(21-2)15(13)16(19)17(12-18)10-5-3-4-6-11-17/h7-9H,3-6,10-12,18H2,1-2H3. The molecule has 0 saturated heterocycles. The number of ether oxygens (including phenoxy) is 2. The maximum absolute atomic E-state index is 13.2. The predicted molar refractivity (Wildman–Crippen MR) is 83.1 cm³/mol. The van der Waals surface area contributed by atoms with E-state index in [1.54, 1.807) is 26.4 Å². The van der Waals surface area contributed by atoms with E-state index in [0.29, 0.717) is 23.6 Å². The van der Waals surface area contributed by atoms with Gasteiger partial charge in [0.25, 0.3) is 0 Å². The van der Waals surface area contributed by atoms with Crippen molar-refractivity contribution >= 4 is 5.78 Å². The molecular weight excluding hydrogens is 266 g/mol. The molecule has 0 aromatic heterocycles. The van der Waals surface area contributed by atoms with Gasteiger partial charge in [-0.25, -0.2) is 0 Å². The Bertz CT molecular complexity index is 469. The van der Waals surface area contributed by atoms with E-state index >= 15 is 0 Å². The Morgan fingerprint density at radius 1 is 1.10 bits per heavy atom. The van der Waals surface area contributed by atoms with Crippen molar-refractivity contribution in [1.82, 2.24) is 0 Å². The van der Waals surface area contributed by atoms with Gasteiger partial charge in [-0.05, 0) is 25.0 Å². The molecule has 0 spiro atoms. The van der Waals surface area contributed by atoms with Gasteiger partial charge in [0.1, 0.15) is 17.1 Å². The molecule has 2 N–H and O–H groups in total. The number of ketones is 1. The highest BCUT2D eigenvalue weighted by Gasteiger charge is 2.40. The maximum Gasteiger partial charge on any atom is 0.177 e. The number of carbonyl (C=O) groups is 1. The Balaban J connectivity index is 2.46.